The van der Waals surface area contributed by atoms with Crippen LogP contribution in [-0.4, -0.2) is 17.8 Å². The first-order valence-corrected chi connectivity index (χ1v) is 7.48. The Bertz CT molecular complexity index is 528. The molecule has 1 atom stereocenters. The molecule has 0 bridgehead atoms. The van der Waals surface area contributed by atoms with Crippen molar-refractivity contribution in [3.05, 3.63) is 60.2 Å². The molecule has 21 heavy (non-hydrogen) atoms. The first-order valence-electron chi connectivity index (χ1n) is 7.48. The van der Waals surface area contributed by atoms with Crippen LogP contribution in [0, 0.1) is 0 Å². The molecule has 0 aliphatic carbocycles. The molecule has 2 aromatic rings. The van der Waals surface area contributed by atoms with Crippen LogP contribution in [0.15, 0.2) is 54.6 Å². The fourth-order valence-corrected chi connectivity index (χ4v) is 2.21. The van der Waals surface area contributed by atoms with E-state index in [1.807, 2.05) is 48.5 Å². The summed E-state index contributed by atoms with van der Waals surface area (Å²) in [4.78, 5) is 0. The van der Waals surface area contributed by atoms with Crippen LogP contribution in [0.5, 0.6) is 11.5 Å². The lowest BCUT2D eigenvalue weighted by atomic mass is 10.1. The number of rotatable bonds is 8. The van der Waals surface area contributed by atoms with Crippen LogP contribution in [0.1, 0.15) is 25.3 Å². The van der Waals surface area contributed by atoms with E-state index in [4.69, 9.17) is 9.84 Å². The van der Waals surface area contributed by atoms with E-state index in [-0.39, 0.29) is 6.61 Å². The van der Waals surface area contributed by atoms with E-state index in [0.29, 0.717) is 6.04 Å². The minimum absolute atomic E-state index is 0.225. The number of ether oxygens (including phenoxy) is 1. The summed E-state index contributed by atoms with van der Waals surface area (Å²) in [5.41, 5.74) is 1.18. The smallest absolute Gasteiger partial charge is 0.127 e. The predicted molar refractivity (Wildman–Crippen MR) is 85.6 cm³/mol. The Hall–Kier alpha value is -1.84. The van der Waals surface area contributed by atoms with Crippen molar-refractivity contribution < 1.29 is 9.84 Å². The summed E-state index contributed by atoms with van der Waals surface area (Å²) in [7, 11) is 0. The van der Waals surface area contributed by atoms with E-state index in [9.17, 15) is 0 Å². The first-order chi connectivity index (χ1) is 10.3. The molecule has 3 heteroatoms. The molecule has 0 saturated carbocycles. The third-order valence-corrected chi connectivity index (χ3v) is 3.44. The van der Waals surface area contributed by atoms with Gasteiger partial charge in [-0.15, -0.1) is 0 Å². The average Bonchev–Trinajstić information content (AvgIpc) is 2.53. The van der Waals surface area contributed by atoms with E-state index in [2.05, 4.69) is 18.3 Å². The van der Waals surface area contributed by atoms with Gasteiger partial charge in [0, 0.05) is 19.2 Å². The standard InChI is InChI=1S/C18H23NO2/c1-2-16(11-12-20)19-14-15-7-6-10-18(13-15)21-17-8-4-3-5-9-17/h3-10,13,16,19-20H,2,11-12,14H2,1H3. The zero-order chi connectivity index (χ0) is 14.9. The van der Waals surface area contributed by atoms with E-state index in [1.54, 1.807) is 0 Å². The first kappa shape index (κ1) is 15.5. The summed E-state index contributed by atoms with van der Waals surface area (Å²) < 4.78 is 5.83. The Morgan fingerprint density at radius 1 is 1.05 bits per heavy atom. The molecule has 112 valence electrons. The van der Waals surface area contributed by atoms with Gasteiger partial charge >= 0.3 is 0 Å². The van der Waals surface area contributed by atoms with Gasteiger partial charge in [-0.3, -0.25) is 0 Å². The van der Waals surface area contributed by atoms with Crippen LogP contribution in [0.2, 0.25) is 0 Å². The third-order valence-electron chi connectivity index (χ3n) is 3.44. The number of hydrogen-bond donors (Lipinski definition) is 2. The van der Waals surface area contributed by atoms with Crippen LogP contribution in [-0.2, 0) is 6.54 Å². The van der Waals surface area contributed by atoms with Gasteiger partial charge in [-0.05, 0) is 42.7 Å². The lowest BCUT2D eigenvalue weighted by Crippen LogP contribution is -2.28. The molecule has 2 aromatic carbocycles. The second-order valence-corrected chi connectivity index (χ2v) is 5.06. The molecule has 0 amide bonds. The van der Waals surface area contributed by atoms with Crippen molar-refractivity contribution in [2.24, 2.45) is 0 Å². The Morgan fingerprint density at radius 3 is 2.52 bits per heavy atom. The highest BCUT2D eigenvalue weighted by atomic mass is 16.5. The number of aliphatic hydroxyl groups excluding tert-OH is 1. The van der Waals surface area contributed by atoms with Gasteiger partial charge < -0.3 is 15.2 Å². The van der Waals surface area contributed by atoms with Crippen LogP contribution in [0.25, 0.3) is 0 Å². The molecule has 3 nitrogen and oxygen atoms in total. The van der Waals surface area contributed by atoms with Crippen LogP contribution in [0.3, 0.4) is 0 Å². The second kappa shape index (κ2) is 8.45. The van der Waals surface area contributed by atoms with Crippen molar-refractivity contribution in [3.63, 3.8) is 0 Å². The third kappa shape index (κ3) is 5.21. The zero-order valence-electron chi connectivity index (χ0n) is 12.5. The molecule has 2 N–H and O–H groups in total. The summed E-state index contributed by atoms with van der Waals surface area (Å²) in [6.07, 6.45) is 1.80. The van der Waals surface area contributed by atoms with Gasteiger partial charge in [-0.1, -0.05) is 37.3 Å². The van der Waals surface area contributed by atoms with Crippen molar-refractivity contribution in [1.29, 1.82) is 0 Å². The summed E-state index contributed by atoms with van der Waals surface area (Å²) >= 11 is 0. The number of para-hydroxylation sites is 1. The summed E-state index contributed by atoms with van der Waals surface area (Å²) in [6, 6.07) is 18.2. The SMILES string of the molecule is CCC(CCO)NCc1cccc(Oc2ccccc2)c1. The van der Waals surface area contributed by atoms with Crippen LogP contribution >= 0.6 is 0 Å². The highest BCUT2D eigenvalue weighted by Gasteiger charge is 2.05. The Labute approximate surface area is 126 Å². The lowest BCUT2D eigenvalue weighted by Gasteiger charge is -2.16. The molecule has 0 radical (unpaired) electrons. The molecule has 1 unspecified atom stereocenters. The molecule has 0 aliphatic heterocycles. The maximum absolute atomic E-state index is 9.01. The average molecular weight is 285 g/mol. The van der Waals surface area contributed by atoms with Crippen molar-refractivity contribution in [3.8, 4) is 11.5 Å². The lowest BCUT2D eigenvalue weighted by molar-refractivity contribution is 0.262. The van der Waals surface area contributed by atoms with E-state index < -0.39 is 0 Å². The van der Waals surface area contributed by atoms with Gasteiger partial charge in [0.1, 0.15) is 11.5 Å². The normalized spacial score (nSPS) is 12.1. The minimum atomic E-state index is 0.225. The summed E-state index contributed by atoms with van der Waals surface area (Å²) in [5, 5.41) is 12.5. The van der Waals surface area contributed by atoms with Gasteiger partial charge in [0.2, 0.25) is 0 Å². The van der Waals surface area contributed by atoms with Crippen LogP contribution in [0.4, 0.5) is 0 Å². The maximum atomic E-state index is 9.01. The number of benzene rings is 2. The molecule has 0 saturated heterocycles. The van der Waals surface area contributed by atoms with Gasteiger partial charge in [-0.25, -0.2) is 0 Å². The predicted octanol–water partition coefficient (Wildman–Crippen LogP) is 3.73. The van der Waals surface area contributed by atoms with Crippen molar-refractivity contribution in [1.82, 2.24) is 5.32 Å². The van der Waals surface area contributed by atoms with Gasteiger partial charge in [0.05, 0.1) is 0 Å². The topological polar surface area (TPSA) is 41.5 Å². The van der Waals surface area contributed by atoms with Crippen molar-refractivity contribution >= 4 is 0 Å². The molecule has 0 aliphatic rings. The fourth-order valence-electron chi connectivity index (χ4n) is 2.21. The Kier molecular flexibility index (Phi) is 6.25. The molecule has 0 heterocycles. The molecule has 0 aromatic heterocycles. The molecule has 2 rings (SSSR count). The fraction of sp³-hybridized carbons (Fsp3) is 0.333. The summed E-state index contributed by atoms with van der Waals surface area (Å²) in [5.74, 6) is 1.69. The number of hydrogen-bond acceptors (Lipinski definition) is 3. The van der Waals surface area contributed by atoms with E-state index >= 15 is 0 Å². The molecule has 0 fully saturated rings. The monoisotopic (exact) mass is 285 g/mol. The minimum Gasteiger partial charge on any atom is -0.457 e. The van der Waals surface area contributed by atoms with Gasteiger partial charge in [0.25, 0.3) is 0 Å². The summed E-state index contributed by atoms with van der Waals surface area (Å²) in [6.45, 7) is 3.13. The van der Waals surface area contributed by atoms with E-state index in [0.717, 1.165) is 30.9 Å². The Balaban J connectivity index is 1.94. The molecular formula is C18H23NO2. The quantitative estimate of drug-likeness (QED) is 0.776. The van der Waals surface area contributed by atoms with Crippen molar-refractivity contribution in [2.45, 2.75) is 32.4 Å². The second-order valence-electron chi connectivity index (χ2n) is 5.06. The molecule has 0 spiro atoms. The zero-order valence-corrected chi connectivity index (χ0v) is 12.5. The maximum Gasteiger partial charge on any atom is 0.127 e. The molecular weight excluding hydrogens is 262 g/mol. The highest BCUT2D eigenvalue weighted by molar-refractivity contribution is 5.33. The highest BCUT2D eigenvalue weighted by Crippen LogP contribution is 2.21. The number of nitrogens with one attached hydrogen (secondary N) is 1. The number of aliphatic hydroxyl groups is 1. The van der Waals surface area contributed by atoms with Crippen molar-refractivity contribution in [2.75, 3.05) is 6.61 Å². The Morgan fingerprint density at radius 2 is 1.81 bits per heavy atom. The van der Waals surface area contributed by atoms with Gasteiger partial charge in [-0.2, -0.15) is 0 Å². The van der Waals surface area contributed by atoms with E-state index in [1.165, 1.54) is 5.56 Å². The largest absolute Gasteiger partial charge is 0.457 e. The van der Waals surface area contributed by atoms with Gasteiger partial charge in [0.15, 0.2) is 0 Å². The van der Waals surface area contributed by atoms with Crippen LogP contribution < -0.4 is 10.1 Å².